The maximum Gasteiger partial charge on any atom is 0.280 e. The SMILES string of the molecule is C=C1[C@H](CO)[C@@H]([Si-]O)C[C@@H]1n1cnc2c(=O)[nH]c(N)nc21. The summed E-state index contributed by atoms with van der Waals surface area (Å²) in [6.45, 7) is 3.97. The molecule has 8 nitrogen and oxygen atoms in total. The van der Waals surface area contributed by atoms with Gasteiger partial charge < -0.3 is 20.2 Å². The molecule has 9 heteroatoms. The lowest BCUT2D eigenvalue weighted by molar-refractivity contribution is 0.246. The van der Waals surface area contributed by atoms with E-state index in [0.717, 1.165) is 5.57 Å². The van der Waals surface area contributed by atoms with Crippen LogP contribution in [-0.2, 0) is 0 Å². The summed E-state index contributed by atoms with van der Waals surface area (Å²) in [6, 6.07) is -0.162. The third kappa shape index (κ3) is 2.09. The van der Waals surface area contributed by atoms with Gasteiger partial charge in [-0.25, -0.2) is 4.98 Å². The van der Waals surface area contributed by atoms with E-state index in [1.165, 1.54) is 6.33 Å². The molecule has 111 valence electrons. The summed E-state index contributed by atoms with van der Waals surface area (Å²) < 4.78 is 1.74. The van der Waals surface area contributed by atoms with Crippen molar-refractivity contribution >= 4 is 26.9 Å². The number of aromatic nitrogens is 4. The molecule has 21 heavy (non-hydrogen) atoms. The van der Waals surface area contributed by atoms with E-state index in [-0.39, 0.29) is 50.9 Å². The Morgan fingerprint density at radius 3 is 3.00 bits per heavy atom. The van der Waals surface area contributed by atoms with Crippen molar-refractivity contribution < 1.29 is 9.90 Å². The van der Waals surface area contributed by atoms with Gasteiger partial charge in [-0.05, 0) is 5.92 Å². The molecule has 2 aromatic rings. The van der Waals surface area contributed by atoms with Gasteiger partial charge in [0.05, 0.1) is 12.4 Å². The van der Waals surface area contributed by atoms with Gasteiger partial charge in [0.25, 0.3) is 5.56 Å². The number of rotatable bonds is 3. The third-order valence-corrected chi connectivity index (χ3v) is 4.99. The minimum Gasteiger partial charge on any atom is -0.634 e. The molecule has 2 heterocycles. The first-order chi connectivity index (χ1) is 10.1. The maximum atomic E-state index is 11.8. The van der Waals surface area contributed by atoms with Gasteiger partial charge in [-0.15, -0.1) is 0 Å². The molecule has 0 unspecified atom stereocenters. The van der Waals surface area contributed by atoms with Gasteiger partial charge in [-0.2, -0.15) is 10.5 Å². The number of aliphatic hydroxyl groups is 1. The largest absolute Gasteiger partial charge is 0.634 e. The van der Waals surface area contributed by atoms with E-state index in [1.54, 1.807) is 4.57 Å². The van der Waals surface area contributed by atoms with Crippen LogP contribution in [0.5, 0.6) is 0 Å². The second-order valence-electron chi connectivity index (χ2n) is 5.13. The second kappa shape index (κ2) is 5.10. The standard InChI is InChI=1S/C12H15N5O3Si/c1-5-6(3-18)8(21-20)2-7(5)17-4-14-9-10(17)15-12(13)16-11(9)19/h4,6-8,18,20H,1-3H2,(H3,13,15,16,19)/q-1/t6-,7-,8-/m0/s1. The number of H-pyrrole nitrogens is 1. The average molecular weight is 305 g/mol. The van der Waals surface area contributed by atoms with Crippen molar-refractivity contribution in [2.45, 2.75) is 18.0 Å². The highest BCUT2D eigenvalue weighted by Gasteiger charge is 2.33. The van der Waals surface area contributed by atoms with Crippen LogP contribution in [0.1, 0.15) is 12.5 Å². The molecule has 1 saturated carbocycles. The fraction of sp³-hybridized carbons (Fsp3) is 0.417. The van der Waals surface area contributed by atoms with Crippen LogP contribution in [0.2, 0.25) is 5.54 Å². The molecule has 3 atom stereocenters. The maximum absolute atomic E-state index is 11.8. The smallest absolute Gasteiger partial charge is 0.280 e. The van der Waals surface area contributed by atoms with Gasteiger partial charge in [0, 0.05) is 6.61 Å². The number of nitrogens with one attached hydrogen (secondary N) is 1. The molecule has 0 aromatic carbocycles. The zero-order chi connectivity index (χ0) is 15.1. The number of aromatic amines is 1. The van der Waals surface area contributed by atoms with Crippen molar-refractivity contribution in [2.75, 3.05) is 12.3 Å². The van der Waals surface area contributed by atoms with Crippen LogP contribution < -0.4 is 11.3 Å². The second-order valence-corrected chi connectivity index (χ2v) is 6.13. The first-order valence-corrected chi connectivity index (χ1v) is 7.50. The lowest BCUT2D eigenvalue weighted by Gasteiger charge is -2.24. The van der Waals surface area contributed by atoms with E-state index in [2.05, 4.69) is 21.5 Å². The number of nitrogens with two attached hydrogens (primary N) is 1. The van der Waals surface area contributed by atoms with Gasteiger partial charge in [0.2, 0.25) is 5.95 Å². The highest BCUT2D eigenvalue weighted by molar-refractivity contribution is 6.28. The number of nitrogens with zero attached hydrogens (tertiary/aromatic N) is 3. The molecule has 1 radical (unpaired) electrons. The molecule has 2 aromatic heterocycles. The van der Waals surface area contributed by atoms with Gasteiger partial charge >= 0.3 is 0 Å². The fourth-order valence-corrected chi connectivity index (χ4v) is 3.74. The molecular formula is C12H15N5O3Si-. The predicted molar refractivity (Wildman–Crippen MR) is 77.7 cm³/mol. The summed E-state index contributed by atoms with van der Waals surface area (Å²) >= 11 is 0. The molecule has 0 saturated heterocycles. The van der Waals surface area contributed by atoms with Crippen LogP contribution in [0.4, 0.5) is 5.95 Å². The third-order valence-electron chi connectivity index (χ3n) is 4.02. The van der Waals surface area contributed by atoms with Crippen LogP contribution >= 0.6 is 0 Å². The number of imidazole rings is 1. The Balaban J connectivity index is 2.09. The van der Waals surface area contributed by atoms with Gasteiger partial charge in [0.15, 0.2) is 11.2 Å². The van der Waals surface area contributed by atoms with E-state index < -0.39 is 0 Å². The summed E-state index contributed by atoms with van der Waals surface area (Å²) in [5.41, 5.74) is 6.57. The number of aliphatic hydroxyl groups excluding tert-OH is 1. The monoisotopic (exact) mass is 305 g/mol. The number of nitrogen functional groups attached to an aromatic ring is 1. The Bertz CT molecular complexity index is 755. The molecule has 1 aliphatic carbocycles. The summed E-state index contributed by atoms with van der Waals surface area (Å²) in [6.07, 6.45) is 2.15. The number of hydrogen-bond donors (Lipinski definition) is 4. The average Bonchev–Trinajstić information content (AvgIpc) is 2.99. The van der Waals surface area contributed by atoms with Crippen molar-refractivity contribution in [2.24, 2.45) is 5.92 Å². The van der Waals surface area contributed by atoms with Crippen LogP contribution in [-0.4, -0.2) is 45.8 Å². The van der Waals surface area contributed by atoms with Crippen LogP contribution in [0.25, 0.3) is 11.2 Å². The normalized spacial score (nSPS) is 25.8. The molecule has 0 spiro atoms. The quantitative estimate of drug-likeness (QED) is 0.434. The predicted octanol–water partition coefficient (Wildman–Crippen LogP) is -0.789. The van der Waals surface area contributed by atoms with E-state index in [0.29, 0.717) is 12.1 Å². The fourth-order valence-electron chi connectivity index (χ4n) is 2.91. The Labute approximate surface area is 122 Å². The highest BCUT2D eigenvalue weighted by atomic mass is 28.2. The zero-order valence-electron chi connectivity index (χ0n) is 11.2. The molecule has 1 aliphatic rings. The van der Waals surface area contributed by atoms with E-state index in [9.17, 15) is 14.7 Å². The van der Waals surface area contributed by atoms with E-state index in [1.807, 2.05) is 0 Å². The lowest BCUT2D eigenvalue weighted by Crippen LogP contribution is -2.15. The number of hydrogen-bond acceptors (Lipinski definition) is 6. The van der Waals surface area contributed by atoms with Crippen molar-refractivity contribution in [1.29, 1.82) is 0 Å². The Morgan fingerprint density at radius 2 is 2.38 bits per heavy atom. The Morgan fingerprint density at radius 1 is 1.62 bits per heavy atom. The van der Waals surface area contributed by atoms with Crippen LogP contribution in [0.15, 0.2) is 23.3 Å². The van der Waals surface area contributed by atoms with Gasteiger partial charge in [-0.3, -0.25) is 19.5 Å². The number of fused-ring (bicyclic) bond motifs is 1. The highest BCUT2D eigenvalue weighted by Crippen LogP contribution is 2.46. The van der Waals surface area contributed by atoms with Crippen molar-refractivity contribution in [3.05, 3.63) is 28.8 Å². The minimum atomic E-state index is -0.390. The topological polar surface area (TPSA) is 130 Å². The summed E-state index contributed by atoms with van der Waals surface area (Å²) in [4.78, 5) is 31.9. The number of anilines is 1. The molecular weight excluding hydrogens is 290 g/mol. The molecule has 5 N–H and O–H groups in total. The summed E-state index contributed by atoms with van der Waals surface area (Å²) in [5.74, 6) is -0.132. The van der Waals surface area contributed by atoms with Crippen LogP contribution in [0, 0.1) is 5.92 Å². The minimum absolute atomic E-state index is 0.0251. The summed E-state index contributed by atoms with van der Waals surface area (Å²) in [5, 5.41) is 9.47. The lowest BCUT2D eigenvalue weighted by atomic mass is 10.0. The summed E-state index contributed by atoms with van der Waals surface area (Å²) in [7, 11) is -0.270. The Kier molecular flexibility index (Phi) is 3.39. The molecule has 0 bridgehead atoms. The van der Waals surface area contributed by atoms with Crippen molar-refractivity contribution in [3.63, 3.8) is 0 Å². The zero-order valence-corrected chi connectivity index (χ0v) is 12.2. The molecule has 0 amide bonds. The van der Waals surface area contributed by atoms with Gasteiger partial charge in [0.1, 0.15) is 0 Å². The first-order valence-electron chi connectivity index (χ1n) is 6.48. The van der Waals surface area contributed by atoms with E-state index >= 15 is 0 Å². The molecule has 0 aliphatic heterocycles. The Hall–Kier alpha value is -1.97. The van der Waals surface area contributed by atoms with Crippen molar-refractivity contribution in [1.82, 2.24) is 19.5 Å². The first kappa shape index (κ1) is 14.0. The van der Waals surface area contributed by atoms with Gasteiger partial charge in [-0.1, -0.05) is 18.6 Å². The van der Waals surface area contributed by atoms with Crippen molar-refractivity contribution in [3.8, 4) is 0 Å². The molecule has 1 fully saturated rings. The van der Waals surface area contributed by atoms with Crippen LogP contribution in [0.3, 0.4) is 0 Å². The molecule has 3 rings (SSSR count). The van der Waals surface area contributed by atoms with E-state index in [4.69, 9.17) is 5.73 Å².